The number of aromatic nitrogens is 3. The van der Waals surface area contributed by atoms with Crippen molar-refractivity contribution in [1.29, 1.82) is 0 Å². The van der Waals surface area contributed by atoms with E-state index >= 15 is 0 Å². The second-order valence-electron chi connectivity index (χ2n) is 6.36. The number of rotatable bonds is 5. The topological polar surface area (TPSA) is 88.3 Å². The lowest BCUT2D eigenvalue weighted by molar-refractivity contribution is -0.133. The van der Waals surface area contributed by atoms with E-state index in [1.54, 1.807) is 4.90 Å². The molecule has 0 atom stereocenters. The quantitative estimate of drug-likeness (QED) is 0.893. The molecular weight excluding hydrogens is 284 g/mol. The van der Waals surface area contributed by atoms with Gasteiger partial charge in [-0.15, -0.1) is 5.10 Å². The Morgan fingerprint density at radius 2 is 1.91 bits per heavy atom. The van der Waals surface area contributed by atoms with Crippen LogP contribution in [0, 0.1) is 0 Å². The van der Waals surface area contributed by atoms with E-state index in [-0.39, 0.29) is 24.1 Å². The summed E-state index contributed by atoms with van der Waals surface area (Å²) in [6.07, 6.45) is 7.57. The number of amides is 1. The zero-order chi connectivity index (χ0) is 15.7. The Morgan fingerprint density at radius 1 is 1.23 bits per heavy atom. The van der Waals surface area contributed by atoms with Gasteiger partial charge in [-0.25, -0.2) is 9.48 Å². The number of hydrogen-bond donors (Lipinski definition) is 1. The molecule has 0 saturated heterocycles. The molecule has 2 saturated carbocycles. The molecule has 1 aromatic rings. The zero-order valence-corrected chi connectivity index (χ0v) is 12.9. The lowest BCUT2D eigenvalue weighted by Gasteiger charge is -2.31. The summed E-state index contributed by atoms with van der Waals surface area (Å²) in [5.41, 5.74) is 0.605. The molecule has 0 aromatic carbocycles. The summed E-state index contributed by atoms with van der Waals surface area (Å²) in [5.74, 6) is -0.897. The smallest absolute Gasteiger partial charge is 0.358 e. The molecule has 0 spiro atoms. The van der Waals surface area contributed by atoms with Crippen LogP contribution in [0.4, 0.5) is 0 Å². The first-order valence-electron chi connectivity index (χ1n) is 8.00. The molecule has 1 aromatic heterocycles. The van der Waals surface area contributed by atoms with Crippen LogP contribution in [0.3, 0.4) is 0 Å². The second kappa shape index (κ2) is 6.06. The van der Waals surface area contributed by atoms with Gasteiger partial charge in [0.05, 0.1) is 5.69 Å². The second-order valence-corrected chi connectivity index (χ2v) is 6.36. The Kier molecular flexibility index (Phi) is 4.13. The molecular formula is C15H22N4O3. The number of carbonyl (C=O) groups excluding carboxylic acids is 1. The van der Waals surface area contributed by atoms with Gasteiger partial charge in [-0.3, -0.25) is 4.79 Å². The molecule has 2 aliphatic carbocycles. The van der Waals surface area contributed by atoms with Gasteiger partial charge in [0.25, 0.3) is 0 Å². The van der Waals surface area contributed by atoms with E-state index in [2.05, 4.69) is 10.3 Å². The van der Waals surface area contributed by atoms with Crippen LogP contribution in [0.5, 0.6) is 0 Å². The fourth-order valence-electron chi connectivity index (χ4n) is 3.26. The molecule has 0 bridgehead atoms. The van der Waals surface area contributed by atoms with Crippen LogP contribution in [0.1, 0.15) is 67.0 Å². The monoisotopic (exact) mass is 306 g/mol. The van der Waals surface area contributed by atoms with Gasteiger partial charge in [-0.05, 0) is 25.7 Å². The Balaban J connectivity index is 1.72. The molecule has 1 amide bonds. The summed E-state index contributed by atoms with van der Waals surface area (Å²) in [7, 11) is 1.84. The Bertz CT molecular complexity index is 573. The van der Waals surface area contributed by atoms with Crippen LogP contribution in [-0.2, 0) is 11.3 Å². The highest BCUT2D eigenvalue weighted by Gasteiger charge is 2.34. The van der Waals surface area contributed by atoms with Gasteiger partial charge in [0, 0.05) is 19.0 Å². The van der Waals surface area contributed by atoms with Crippen molar-refractivity contribution in [3.8, 4) is 0 Å². The molecule has 1 N–H and O–H groups in total. The lowest BCUT2D eigenvalue weighted by atomic mass is 9.94. The minimum absolute atomic E-state index is 0.00406. The van der Waals surface area contributed by atoms with Gasteiger partial charge in [0.1, 0.15) is 6.54 Å². The number of aromatic carboxylic acids is 1. The molecule has 120 valence electrons. The highest BCUT2D eigenvalue weighted by molar-refractivity contribution is 5.87. The van der Waals surface area contributed by atoms with E-state index in [4.69, 9.17) is 0 Å². The largest absolute Gasteiger partial charge is 0.476 e. The van der Waals surface area contributed by atoms with E-state index in [1.807, 2.05) is 7.05 Å². The summed E-state index contributed by atoms with van der Waals surface area (Å²) < 4.78 is 1.49. The van der Waals surface area contributed by atoms with E-state index in [9.17, 15) is 14.7 Å². The maximum Gasteiger partial charge on any atom is 0.358 e. The van der Waals surface area contributed by atoms with E-state index in [0.29, 0.717) is 11.7 Å². The van der Waals surface area contributed by atoms with Crippen LogP contribution >= 0.6 is 0 Å². The van der Waals surface area contributed by atoms with E-state index < -0.39 is 5.97 Å². The van der Waals surface area contributed by atoms with Crippen LogP contribution < -0.4 is 0 Å². The van der Waals surface area contributed by atoms with Crippen LogP contribution in [0.2, 0.25) is 0 Å². The predicted octanol–water partition coefficient (Wildman–Crippen LogP) is 1.64. The highest BCUT2D eigenvalue weighted by atomic mass is 16.4. The SMILES string of the molecule is CN(C(=O)Cn1nnc(C(=O)O)c1C1CC1)C1CCCCC1. The van der Waals surface area contributed by atoms with Gasteiger partial charge in [0.2, 0.25) is 5.91 Å². The summed E-state index contributed by atoms with van der Waals surface area (Å²) in [6.45, 7) is 0.0825. The van der Waals surface area contributed by atoms with Crippen molar-refractivity contribution in [1.82, 2.24) is 19.9 Å². The average Bonchev–Trinajstić information content (AvgIpc) is 3.27. The molecule has 2 fully saturated rings. The van der Waals surface area contributed by atoms with Gasteiger partial charge < -0.3 is 10.0 Å². The summed E-state index contributed by atoms with van der Waals surface area (Å²) in [6, 6.07) is 0.299. The average molecular weight is 306 g/mol. The van der Waals surface area contributed by atoms with E-state index in [0.717, 1.165) is 25.7 Å². The minimum Gasteiger partial charge on any atom is -0.476 e. The van der Waals surface area contributed by atoms with E-state index in [1.165, 1.54) is 23.9 Å². The number of carboxylic acids is 1. The van der Waals surface area contributed by atoms with Crippen LogP contribution in [0.15, 0.2) is 0 Å². The molecule has 7 nitrogen and oxygen atoms in total. The third-order valence-electron chi connectivity index (χ3n) is 4.74. The fourth-order valence-corrected chi connectivity index (χ4v) is 3.26. The zero-order valence-electron chi connectivity index (χ0n) is 12.9. The number of carbonyl (C=O) groups is 2. The summed E-state index contributed by atoms with van der Waals surface area (Å²) in [5, 5.41) is 16.8. The fraction of sp³-hybridized carbons (Fsp3) is 0.733. The number of likely N-dealkylation sites (N-methyl/N-ethyl adjacent to an activating group) is 1. The molecule has 7 heteroatoms. The Hall–Kier alpha value is -1.92. The molecule has 1 heterocycles. The third kappa shape index (κ3) is 2.98. The first-order valence-corrected chi connectivity index (χ1v) is 8.00. The predicted molar refractivity (Wildman–Crippen MR) is 78.6 cm³/mol. The summed E-state index contributed by atoms with van der Waals surface area (Å²) >= 11 is 0. The van der Waals surface area contributed by atoms with Gasteiger partial charge in [0.15, 0.2) is 5.69 Å². The van der Waals surface area contributed by atoms with Gasteiger partial charge in [-0.2, -0.15) is 0 Å². The highest BCUT2D eigenvalue weighted by Crippen LogP contribution is 2.41. The normalized spacial score (nSPS) is 19.1. The van der Waals surface area contributed by atoms with Crippen molar-refractivity contribution >= 4 is 11.9 Å². The minimum atomic E-state index is -1.07. The molecule has 0 unspecified atom stereocenters. The standard InChI is InChI=1S/C15H22N4O3/c1-18(11-5-3-2-4-6-11)12(20)9-19-14(10-7-8-10)13(15(21)22)16-17-19/h10-11H,2-9H2,1H3,(H,21,22). The van der Waals surface area contributed by atoms with Crippen LogP contribution in [-0.4, -0.2) is 50.0 Å². The van der Waals surface area contributed by atoms with Crippen LogP contribution in [0.25, 0.3) is 0 Å². The van der Waals surface area contributed by atoms with Gasteiger partial charge in [-0.1, -0.05) is 24.5 Å². The van der Waals surface area contributed by atoms with Crippen molar-refractivity contribution in [2.75, 3.05) is 7.05 Å². The van der Waals surface area contributed by atoms with Crippen molar-refractivity contribution in [3.05, 3.63) is 11.4 Å². The van der Waals surface area contributed by atoms with Crippen molar-refractivity contribution < 1.29 is 14.7 Å². The van der Waals surface area contributed by atoms with Crippen molar-refractivity contribution in [2.45, 2.75) is 63.5 Å². The summed E-state index contributed by atoms with van der Waals surface area (Å²) in [4.78, 5) is 25.5. The Morgan fingerprint density at radius 3 is 2.50 bits per heavy atom. The van der Waals surface area contributed by atoms with Gasteiger partial charge >= 0.3 is 5.97 Å². The first kappa shape index (κ1) is 15.0. The van der Waals surface area contributed by atoms with Crippen molar-refractivity contribution in [2.24, 2.45) is 0 Å². The number of carboxylic acid groups (broad SMARTS) is 1. The molecule has 2 aliphatic rings. The van der Waals surface area contributed by atoms with Crippen molar-refractivity contribution in [3.63, 3.8) is 0 Å². The molecule has 3 rings (SSSR count). The first-order chi connectivity index (χ1) is 10.6. The number of hydrogen-bond acceptors (Lipinski definition) is 4. The maximum absolute atomic E-state index is 12.5. The third-order valence-corrected chi connectivity index (χ3v) is 4.74. The molecule has 0 aliphatic heterocycles. The molecule has 0 radical (unpaired) electrons. The lowest BCUT2D eigenvalue weighted by Crippen LogP contribution is -2.40. The maximum atomic E-state index is 12.5. The molecule has 22 heavy (non-hydrogen) atoms. The Labute approximate surface area is 129 Å². The number of nitrogens with zero attached hydrogens (tertiary/aromatic N) is 4.